The Morgan fingerprint density at radius 2 is 1.41 bits per heavy atom. The summed E-state index contributed by atoms with van der Waals surface area (Å²) in [6.07, 6.45) is 3.66. The molecule has 0 aliphatic heterocycles. The molecule has 0 atom stereocenters. The monoisotopic (exact) mass is 414 g/mol. The summed E-state index contributed by atoms with van der Waals surface area (Å²) in [6.45, 7) is 6.52. The quantitative estimate of drug-likeness (QED) is 0.296. The van der Waals surface area contributed by atoms with Gasteiger partial charge < -0.3 is 0 Å². The number of rotatable bonds is 2. The number of aryl methyl sites for hydroxylation is 3. The fourth-order valence-electron chi connectivity index (χ4n) is 4.95. The topological polar surface area (TPSA) is 43.1 Å². The van der Waals surface area contributed by atoms with Crippen molar-refractivity contribution in [2.45, 2.75) is 20.8 Å². The molecule has 0 N–H and O–H groups in total. The van der Waals surface area contributed by atoms with Crippen LogP contribution in [0, 0.1) is 20.8 Å². The molecular formula is C28H22N4. The SMILES string of the molecule is Cc1cc(C)c(-c2c(-c3ccccc3)nc3c4cccnc4c4ncccc4n23)c(C)c1. The zero-order valence-electron chi connectivity index (χ0n) is 18.3. The predicted molar refractivity (Wildman–Crippen MR) is 131 cm³/mol. The molecule has 0 aliphatic carbocycles. The molecule has 32 heavy (non-hydrogen) atoms. The number of hydrogen-bond donors (Lipinski definition) is 0. The van der Waals surface area contributed by atoms with Gasteiger partial charge in [0.1, 0.15) is 16.7 Å². The van der Waals surface area contributed by atoms with Gasteiger partial charge in [0.15, 0.2) is 0 Å². The van der Waals surface area contributed by atoms with E-state index in [0.717, 1.165) is 44.5 Å². The Bertz CT molecular complexity index is 1620. The second-order valence-corrected chi connectivity index (χ2v) is 8.38. The lowest BCUT2D eigenvalue weighted by Gasteiger charge is -2.15. The first kappa shape index (κ1) is 18.7. The molecule has 0 aliphatic rings. The van der Waals surface area contributed by atoms with E-state index in [1.54, 1.807) is 0 Å². The summed E-state index contributed by atoms with van der Waals surface area (Å²) >= 11 is 0. The molecule has 4 heterocycles. The molecular weight excluding hydrogens is 392 g/mol. The van der Waals surface area contributed by atoms with Crippen molar-refractivity contribution in [2.24, 2.45) is 0 Å². The smallest absolute Gasteiger partial charge is 0.148 e. The number of benzene rings is 2. The highest BCUT2D eigenvalue weighted by Crippen LogP contribution is 2.40. The van der Waals surface area contributed by atoms with Crippen LogP contribution in [-0.2, 0) is 0 Å². The van der Waals surface area contributed by atoms with E-state index in [2.05, 4.69) is 78.7 Å². The van der Waals surface area contributed by atoms with Gasteiger partial charge in [0, 0.05) is 28.9 Å². The molecule has 154 valence electrons. The van der Waals surface area contributed by atoms with E-state index >= 15 is 0 Å². The maximum atomic E-state index is 5.24. The molecule has 0 fully saturated rings. The Labute approximate surface area is 186 Å². The summed E-state index contributed by atoms with van der Waals surface area (Å²) < 4.78 is 2.28. The Balaban J connectivity index is 1.91. The lowest BCUT2D eigenvalue weighted by atomic mass is 9.94. The van der Waals surface area contributed by atoms with Gasteiger partial charge in [-0.3, -0.25) is 14.4 Å². The van der Waals surface area contributed by atoms with E-state index in [4.69, 9.17) is 9.97 Å². The number of hydrogen-bond acceptors (Lipinski definition) is 3. The molecule has 0 spiro atoms. The van der Waals surface area contributed by atoms with E-state index in [9.17, 15) is 0 Å². The van der Waals surface area contributed by atoms with Gasteiger partial charge in [-0.15, -0.1) is 0 Å². The standard InChI is InChI=1S/C28H22N4/c1-17-15-18(2)23(19(3)16-17)27-24(20-9-5-4-6-10-20)31-28-21-11-7-13-29-25(21)26-22(32(27)28)12-8-14-30-26/h4-16H,1-3H3. The highest BCUT2D eigenvalue weighted by molar-refractivity contribution is 6.09. The van der Waals surface area contributed by atoms with Crippen LogP contribution in [0.25, 0.3) is 50.1 Å². The third kappa shape index (κ3) is 2.66. The van der Waals surface area contributed by atoms with Crippen LogP contribution in [-0.4, -0.2) is 19.4 Å². The summed E-state index contributed by atoms with van der Waals surface area (Å²) in [7, 11) is 0. The minimum absolute atomic E-state index is 0.879. The van der Waals surface area contributed by atoms with Gasteiger partial charge in [0.25, 0.3) is 0 Å². The fraction of sp³-hybridized carbons (Fsp3) is 0.107. The van der Waals surface area contributed by atoms with Crippen LogP contribution < -0.4 is 0 Å². The minimum Gasteiger partial charge on any atom is -0.289 e. The zero-order valence-corrected chi connectivity index (χ0v) is 18.3. The average Bonchev–Trinajstić information content (AvgIpc) is 3.20. The molecule has 6 rings (SSSR count). The van der Waals surface area contributed by atoms with Crippen molar-refractivity contribution < 1.29 is 0 Å². The number of imidazole rings is 1. The van der Waals surface area contributed by atoms with Crippen molar-refractivity contribution in [3.63, 3.8) is 0 Å². The number of fused-ring (bicyclic) bond motifs is 6. The Kier molecular flexibility index (Phi) is 4.08. The highest BCUT2D eigenvalue weighted by Gasteiger charge is 2.23. The minimum atomic E-state index is 0.879. The third-order valence-corrected chi connectivity index (χ3v) is 6.14. The van der Waals surface area contributed by atoms with Gasteiger partial charge in [-0.1, -0.05) is 48.0 Å². The number of nitrogens with zero attached hydrogens (tertiary/aromatic N) is 4. The van der Waals surface area contributed by atoms with E-state index in [0.29, 0.717) is 0 Å². The van der Waals surface area contributed by atoms with Crippen molar-refractivity contribution in [2.75, 3.05) is 0 Å². The largest absolute Gasteiger partial charge is 0.289 e. The normalized spacial score (nSPS) is 11.6. The summed E-state index contributed by atoms with van der Waals surface area (Å²) in [5.74, 6) is 0. The molecule has 0 bridgehead atoms. The summed E-state index contributed by atoms with van der Waals surface area (Å²) in [6, 6.07) is 23.1. The van der Waals surface area contributed by atoms with Crippen LogP contribution in [0.5, 0.6) is 0 Å². The summed E-state index contributed by atoms with van der Waals surface area (Å²) in [5.41, 5.74) is 11.8. The molecule has 2 aromatic carbocycles. The van der Waals surface area contributed by atoms with E-state index < -0.39 is 0 Å². The van der Waals surface area contributed by atoms with Crippen molar-refractivity contribution in [1.82, 2.24) is 19.4 Å². The van der Waals surface area contributed by atoms with Crippen LogP contribution in [0.15, 0.2) is 79.1 Å². The first-order valence-electron chi connectivity index (χ1n) is 10.8. The number of aromatic nitrogens is 4. The lowest BCUT2D eigenvalue weighted by Crippen LogP contribution is -1.99. The Hall–Kier alpha value is -4.05. The van der Waals surface area contributed by atoms with Gasteiger partial charge in [-0.25, -0.2) is 4.98 Å². The lowest BCUT2D eigenvalue weighted by molar-refractivity contribution is 1.22. The molecule has 4 aromatic heterocycles. The molecule has 4 heteroatoms. The van der Waals surface area contributed by atoms with Crippen molar-refractivity contribution in [1.29, 1.82) is 0 Å². The highest BCUT2D eigenvalue weighted by atomic mass is 15.0. The molecule has 0 unspecified atom stereocenters. The summed E-state index contributed by atoms with van der Waals surface area (Å²) in [4.78, 5) is 14.6. The van der Waals surface area contributed by atoms with Gasteiger partial charge >= 0.3 is 0 Å². The second-order valence-electron chi connectivity index (χ2n) is 8.38. The van der Waals surface area contributed by atoms with E-state index in [1.807, 2.05) is 30.6 Å². The van der Waals surface area contributed by atoms with Crippen LogP contribution >= 0.6 is 0 Å². The van der Waals surface area contributed by atoms with Crippen LogP contribution in [0.3, 0.4) is 0 Å². The Morgan fingerprint density at radius 3 is 2.16 bits per heavy atom. The summed E-state index contributed by atoms with van der Waals surface area (Å²) in [5, 5.41) is 1.00. The van der Waals surface area contributed by atoms with Crippen molar-refractivity contribution in [3.05, 3.63) is 95.8 Å². The van der Waals surface area contributed by atoms with Crippen LogP contribution in [0.1, 0.15) is 16.7 Å². The molecule has 0 saturated heterocycles. The van der Waals surface area contributed by atoms with Crippen LogP contribution in [0.2, 0.25) is 0 Å². The second kappa shape index (κ2) is 6.99. The molecule has 6 aromatic rings. The number of pyridine rings is 3. The van der Waals surface area contributed by atoms with Gasteiger partial charge in [-0.05, 0) is 56.2 Å². The Morgan fingerprint density at radius 1 is 0.719 bits per heavy atom. The maximum absolute atomic E-state index is 5.24. The van der Waals surface area contributed by atoms with Gasteiger partial charge in [0.2, 0.25) is 0 Å². The molecule has 0 saturated carbocycles. The van der Waals surface area contributed by atoms with E-state index in [1.165, 1.54) is 22.3 Å². The van der Waals surface area contributed by atoms with Gasteiger partial charge in [0.05, 0.1) is 16.9 Å². The first-order valence-corrected chi connectivity index (χ1v) is 10.8. The van der Waals surface area contributed by atoms with E-state index in [-0.39, 0.29) is 0 Å². The van der Waals surface area contributed by atoms with Crippen molar-refractivity contribution in [3.8, 4) is 22.5 Å². The fourth-order valence-corrected chi connectivity index (χ4v) is 4.95. The zero-order chi connectivity index (χ0) is 21.8. The van der Waals surface area contributed by atoms with Gasteiger partial charge in [-0.2, -0.15) is 0 Å². The predicted octanol–water partition coefficient (Wildman–Crippen LogP) is 6.69. The van der Waals surface area contributed by atoms with Crippen LogP contribution in [0.4, 0.5) is 0 Å². The average molecular weight is 415 g/mol. The first-order chi connectivity index (χ1) is 15.6. The maximum Gasteiger partial charge on any atom is 0.148 e. The molecule has 0 radical (unpaired) electrons. The molecule has 4 nitrogen and oxygen atoms in total. The third-order valence-electron chi connectivity index (χ3n) is 6.14. The molecule has 0 amide bonds. The van der Waals surface area contributed by atoms with Crippen molar-refractivity contribution >= 4 is 27.6 Å².